The molecule has 0 aliphatic carbocycles. The van der Waals surface area contributed by atoms with Crippen LogP contribution >= 0.6 is 0 Å². The molecule has 1 atom stereocenters. The van der Waals surface area contributed by atoms with Gasteiger partial charge in [0.25, 0.3) is 0 Å². The average Bonchev–Trinajstić information content (AvgIpc) is 2.90. The van der Waals surface area contributed by atoms with E-state index in [-0.39, 0.29) is 17.5 Å². The molecule has 122 valence electrons. The van der Waals surface area contributed by atoms with E-state index >= 15 is 0 Å². The molecule has 2 rings (SSSR count). The Morgan fingerprint density at radius 1 is 1.30 bits per heavy atom. The van der Waals surface area contributed by atoms with Crippen molar-refractivity contribution in [3.63, 3.8) is 0 Å². The summed E-state index contributed by atoms with van der Waals surface area (Å²) in [6, 6.07) is 7.02. The third-order valence-corrected chi connectivity index (χ3v) is 4.03. The van der Waals surface area contributed by atoms with Crippen LogP contribution in [0.3, 0.4) is 0 Å². The van der Waals surface area contributed by atoms with Gasteiger partial charge in [-0.15, -0.1) is 0 Å². The highest BCUT2D eigenvalue weighted by molar-refractivity contribution is 5.87. The molecule has 4 nitrogen and oxygen atoms in total. The lowest BCUT2D eigenvalue weighted by atomic mass is 10.1. The predicted molar refractivity (Wildman–Crippen MR) is 90.4 cm³/mol. The first kappa shape index (κ1) is 17.0. The average molecular weight is 313 g/mol. The third kappa shape index (κ3) is 4.81. The number of rotatable bonds is 7. The Hall–Kier alpha value is -2.36. The number of hydrogen-bond acceptors (Lipinski definition) is 2. The zero-order chi connectivity index (χ0) is 16.7. The van der Waals surface area contributed by atoms with Gasteiger partial charge in [0.2, 0.25) is 5.91 Å². The maximum atomic E-state index is 12.0. The molecule has 1 heterocycles. The van der Waals surface area contributed by atoms with E-state index < -0.39 is 5.97 Å². The van der Waals surface area contributed by atoms with Gasteiger partial charge < -0.3 is 10.0 Å². The maximum Gasteiger partial charge on any atom is 0.335 e. The van der Waals surface area contributed by atoms with Crippen LogP contribution in [0, 0.1) is 0 Å². The number of carboxylic acids is 1. The number of allylic oxidation sites excluding steroid dienone is 3. The van der Waals surface area contributed by atoms with Crippen LogP contribution in [0.5, 0.6) is 0 Å². The summed E-state index contributed by atoms with van der Waals surface area (Å²) in [4.78, 5) is 24.8. The molecular weight excluding hydrogens is 290 g/mol. The smallest absolute Gasteiger partial charge is 0.335 e. The second kappa shape index (κ2) is 8.32. The summed E-state index contributed by atoms with van der Waals surface area (Å²) in [5, 5.41) is 8.90. The van der Waals surface area contributed by atoms with Crippen LogP contribution in [0.15, 0.2) is 48.6 Å². The van der Waals surface area contributed by atoms with Crippen molar-refractivity contribution in [1.29, 1.82) is 0 Å². The fraction of sp³-hybridized carbons (Fsp3) is 0.368. The maximum absolute atomic E-state index is 12.0. The summed E-state index contributed by atoms with van der Waals surface area (Å²) >= 11 is 0. The van der Waals surface area contributed by atoms with Crippen molar-refractivity contribution in [2.75, 3.05) is 6.54 Å². The van der Waals surface area contributed by atoms with Crippen LogP contribution in [-0.2, 0) is 11.2 Å². The van der Waals surface area contributed by atoms with E-state index in [1.807, 2.05) is 29.2 Å². The normalized spacial score (nSPS) is 18.4. The number of likely N-dealkylation sites (tertiary alicyclic amines) is 1. The molecule has 4 heteroatoms. The lowest BCUT2D eigenvalue weighted by Gasteiger charge is -2.22. The van der Waals surface area contributed by atoms with Gasteiger partial charge in [-0.1, -0.05) is 43.4 Å². The minimum atomic E-state index is -0.920. The Morgan fingerprint density at radius 3 is 2.70 bits per heavy atom. The van der Waals surface area contributed by atoms with Crippen molar-refractivity contribution in [3.8, 4) is 0 Å². The summed E-state index contributed by atoms with van der Waals surface area (Å²) in [7, 11) is 0. The molecule has 0 aromatic heterocycles. The molecular formula is C19H23NO3. The number of carbonyl (C=O) groups excluding carboxylic acids is 1. The van der Waals surface area contributed by atoms with Crippen LogP contribution in [0.2, 0.25) is 0 Å². The molecule has 1 N–H and O–H groups in total. The van der Waals surface area contributed by atoms with E-state index in [0.717, 1.165) is 24.8 Å². The molecule has 1 amide bonds. The summed E-state index contributed by atoms with van der Waals surface area (Å²) in [6.45, 7) is 2.75. The Bertz CT molecular complexity index is 602. The van der Waals surface area contributed by atoms with Crippen molar-refractivity contribution in [3.05, 3.63) is 59.7 Å². The van der Waals surface area contributed by atoms with E-state index in [4.69, 9.17) is 5.11 Å². The van der Waals surface area contributed by atoms with Gasteiger partial charge in [-0.25, -0.2) is 4.79 Å². The predicted octanol–water partition coefficient (Wildman–Crippen LogP) is 3.44. The zero-order valence-corrected chi connectivity index (χ0v) is 13.4. The highest BCUT2D eigenvalue weighted by Gasteiger charge is 2.28. The van der Waals surface area contributed by atoms with E-state index in [1.54, 1.807) is 12.1 Å². The lowest BCUT2D eigenvalue weighted by molar-refractivity contribution is -0.128. The topological polar surface area (TPSA) is 57.6 Å². The number of carboxylic acid groups (broad SMARTS) is 1. The molecule has 1 saturated heterocycles. The molecule has 1 aromatic carbocycles. The highest BCUT2D eigenvalue weighted by atomic mass is 16.4. The number of benzene rings is 1. The molecule has 0 unspecified atom stereocenters. The largest absolute Gasteiger partial charge is 0.478 e. The minimum absolute atomic E-state index is 0.169. The molecule has 1 aromatic rings. The molecule has 23 heavy (non-hydrogen) atoms. The van der Waals surface area contributed by atoms with Crippen LogP contribution in [0.1, 0.15) is 42.1 Å². The first-order valence-corrected chi connectivity index (χ1v) is 8.07. The standard InChI is InChI=1S/C19H23NO3/c1-2-3-4-5-6-17-11-12-18(21)20(17)14-13-15-7-9-16(10-8-15)19(22)23/h3-10,17H,2,11-14H2,1H3,(H,22,23)/b4-3+,6-5+/t17-/m0/s1. The van der Waals surface area contributed by atoms with Crippen molar-refractivity contribution < 1.29 is 14.7 Å². The highest BCUT2D eigenvalue weighted by Crippen LogP contribution is 2.20. The fourth-order valence-corrected chi connectivity index (χ4v) is 2.72. The first-order chi connectivity index (χ1) is 11.1. The van der Waals surface area contributed by atoms with E-state index in [0.29, 0.717) is 13.0 Å². The van der Waals surface area contributed by atoms with E-state index in [2.05, 4.69) is 19.1 Å². The lowest BCUT2D eigenvalue weighted by Crippen LogP contribution is -2.33. The minimum Gasteiger partial charge on any atom is -0.478 e. The van der Waals surface area contributed by atoms with Crippen molar-refractivity contribution >= 4 is 11.9 Å². The SMILES string of the molecule is CC/C=C/C=C/[C@H]1CCC(=O)N1CCc1ccc(C(=O)O)cc1. The molecule has 1 aliphatic rings. The number of amides is 1. The molecule has 1 aliphatic heterocycles. The number of aromatic carboxylic acids is 1. The van der Waals surface area contributed by atoms with E-state index in [1.165, 1.54) is 0 Å². The molecule has 0 saturated carbocycles. The van der Waals surface area contributed by atoms with Crippen LogP contribution in [0.25, 0.3) is 0 Å². The van der Waals surface area contributed by atoms with Gasteiger partial charge in [-0.3, -0.25) is 4.79 Å². The van der Waals surface area contributed by atoms with Crippen LogP contribution in [-0.4, -0.2) is 34.5 Å². The molecule has 0 spiro atoms. The quantitative estimate of drug-likeness (QED) is 0.785. The zero-order valence-electron chi connectivity index (χ0n) is 13.4. The van der Waals surface area contributed by atoms with Crippen molar-refractivity contribution in [2.45, 2.75) is 38.6 Å². The summed E-state index contributed by atoms with van der Waals surface area (Å²) < 4.78 is 0. The van der Waals surface area contributed by atoms with Crippen molar-refractivity contribution in [2.24, 2.45) is 0 Å². The molecule has 0 radical (unpaired) electrons. The molecule has 0 bridgehead atoms. The van der Waals surface area contributed by atoms with Gasteiger partial charge in [0.05, 0.1) is 11.6 Å². The van der Waals surface area contributed by atoms with Crippen molar-refractivity contribution in [1.82, 2.24) is 4.90 Å². The number of nitrogens with zero attached hydrogens (tertiary/aromatic N) is 1. The summed E-state index contributed by atoms with van der Waals surface area (Å²) in [6.07, 6.45) is 11.4. The third-order valence-electron chi connectivity index (χ3n) is 4.03. The summed E-state index contributed by atoms with van der Waals surface area (Å²) in [5.74, 6) is -0.724. The van der Waals surface area contributed by atoms with E-state index in [9.17, 15) is 9.59 Å². The number of hydrogen-bond donors (Lipinski definition) is 1. The second-order valence-corrected chi connectivity index (χ2v) is 5.67. The van der Waals surface area contributed by atoms with Gasteiger partial charge in [-0.05, 0) is 37.0 Å². The Kier molecular flexibility index (Phi) is 6.15. The Balaban J connectivity index is 1.94. The van der Waals surface area contributed by atoms with Gasteiger partial charge in [0.15, 0.2) is 0 Å². The Morgan fingerprint density at radius 2 is 2.04 bits per heavy atom. The van der Waals surface area contributed by atoms with Gasteiger partial charge >= 0.3 is 5.97 Å². The van der Waals surface area contributed by atoms with Crippen LogP contribution < -0.4 is 0 Å². The van der Waals surface area contributed by atoms with Gasteiger partial charge in [0, 0.05) is 13.0 Å². The Labute approximate surface area is 137 Å². The summed E-state index contributed by atoms with van der Waals surface area (Å²) in [5.41, 5.74) is 1.33. The second-order valence-electron chi connectivity index (χ2n) is 5.67. The number of carbonyl (C=O) groups is 2. The van der Waals surface area contributed by atoms with Gasteiger partial charge in [-0.2, -0.15) is 0 Å². The van der Waals surface area contributed by atoms with Gasteiger partial charge in [0.1, 0.15) is 0 Å². The molecule has 1 fully saturated rings. The fourth-order valence-electron chi connectivity index (χ4n) is 2.72. The first-order valence-electron chi connectivity index (χ1n) is 8.07. The van der Waals surface area contributed by atoms with Crippen LogP contribution in [0.4, 0.5) is 0 Å². The monoisotopic (exact) mass is 313 g/mol.